The summed E-state index contributed by atoms with van der Waals surface area (Å²) in [5, 5.41) is 9.09. The number of unbranched alkanes of at least 4 members (excludes halogenated alkanes) is 2. The first-order valence-corrected chi connectivity index (χ1v) is 19.2. The number of rotatable bonds is 24. The van der Waals surface area contributed by atoms with Crippen LogP contribution in [-0.2, 0) is 29.8 Å². The fraction of sp³-hybridized carbons (Fsp3) is 0.703. The van der Waals surface area contributed by atoms with Gasteiger partial charge in [-0.3, -0.25) is 13.9 Å². The van der Waals surface area contributed by atoms with E-state index in [2.05, 4.69) is 42.8 Å². The fourth-order valence-corrected chi connectivity index (χ4v) is 7.15. The molecule has 50 heavy (non-hydrogen) atoms. The summed E-state index contributed by atoms with van der Waals surface area (Å²) in [6.45, 7) is 17.2. The minimum Gasteiger partial charge on any atom is -0.373 e. The van der Waals surface area contributed by atoms with Crippen LogP contribution < -0.4 is 11.2 Å². The van der Waals surface area contributed by atoms with Gasteiger partial charge in [0.25, 0.3) is 14.1 Å². The van der Waals surface area contributed by atoms with Crippen molar-refractivity contribution in [2.75, 3.05) is 26.4 Å². The van der Waals surface area contributed by atoms with E-state index in [1.54, 1.807) is 6.08 Å². The van der Waals surface area contributed by atoms with Crippen LogP contribution >= 0.6 is 8.53 Å². The first kappa shape index (κ1) is 43.7. The number of nitriles is 1. The first-order chi connectivity index (χ1) is 24.0. The van der Waals surface area contributed by atoms with E-state index in [0.29, 0.717) is 19.6 Å². The Morgan fingerprint density at radius 3 is 2.14 bits per heavy atom. The van der Waals surface area contributed by atoms with Gasteiger partial charge in [-0.2, -0.15) is 9.65 Å². The Kier molecular flexibility index (Phi) is 20.9. The van der Waals surface area contributed by atoms with Crippen LogP contribution in [0.4, 0.5) is 4.39 Å². The Morgan fingerprint density at radius 1 is 0.960 bits per heavy atom. The highest BCUT2D eigenvalue weighted by Gasteiger charge is 2.48. The van der Waals surface area contributed by atoms with Crippen LogP contribution in [0.25, 0.3) is 0 Å². The molecule has 1 saturated heterocycles. The Morgan fingerprint density at radius 2 is 1.56 bits per heavy atom. The van der Waals surface area contributed by atoms with Gasteiger partial charge in [-0.05, 0) is 80.1 Å². The highest BCUT2D eigenvalue weighted by Crippen LogP contribution is 2.47. The quantitative estimate of drug-likeness (QED) is 0.0605. The maximum Gasteiger partial charge on any atom is 0.333 e. The van der Waals surface area contributed by atoms with Crippen molar-refractivity contribution in [1.82, 2.24) is 13.8 Å². The lowest BCUT2D eigenvalue weighted by Crippen LogP contribution is -2.45. The van der Waals surface area contributed by atoms with E-state index in [1.165, 1.54) is 5.57 Å². The summed E-state index contributed by atoms with van der Waals surface area (Å²) in [5.74, 6) is -1.07. The van der Waals surface area contributed by atoms with E-state index in [9.17, 15) is 9.59 Å². The molecule has 0 saturated carbocycles. The molecule has 0 aliphatic carbocycles. The van der Waals surface area contributed by atoms with Crippen LogP contribution in [0.5, 0.6) is 0 Å². The smallest absolute Gasteiger partial charge is 0.333 e. The lowest BCUT2D eigenvalue weighted by Gasteiger charge is -2.36. The Hall–Kier alpha value is -2.49. The molecule has 0 bridgehead atoms. The molecule has 0 amide bonds. The highest BCUT2D eigenvalue weighted by atomic mass is 31.2. The van der Waals surface area contributed by atoms with E-state index in [0.717, 1.165) is 47.4 Å². The van der Waals surface area contributed by atoms with Crippen LogP contribution in [0.1, 0.15) is 107 Å². The third-order valence-electron chi connectivity index (χ3n) is 7.76. The van der Waals surface area contributed by atoms with Crippen molar-refractivity contribution in [3.05, 3.63) is 68.8 Å². The molecule has 1 aliphatic heterocycles. The van der Waals surface area contributed by atoms with E-state index < -0.39 is 50.1 Å². The van der Waals surface area contributed by atoms with Gasteiger partial charge in [0.15, 0.2) is 6.23 Å². The second kappa shape index (κ2) is 23.9. The van der Waals surface area contributed by atoms with Crippen molar-refractivity contribution in [3.63, 3.8) is 0 Å². The van der Waals surface area contributed by atoms with E-state index in [-0.39, 0.29) is 38.3 Å². The maximum atomic E-state index is 15.2. The maximum absolute atomic E-state index is 15.2. The Balaban J connectivity index is 2.35. The molecule has 2 rings (SSSR count). The molecule has 5 unspecified atom stereocenters. The van der Waals surface area contributed by atoms with E-state index >= 15 is 4.39 Å². The normalized spacial score (nSPS) is 20.1. The molecule has 5 atom stereocenters. The minimum atomic E-state index is -1.58. The largest absolute Gasteiger partial charge is 0.373 e. The molecular weight excluding hydrogens is 662 g/mol. The summed E-state index contributed by atoms with van der Waals surface area (Å²) in [5.41, 5.74) is -0.405. The summed E-state index contributed by atoms with van der Waals surface area (Å²) < 4.78 is 50.7. The summed E-state index contributed by atoms with van der Waals surface area (Å²) in [6, 6.07) is 2.30. The summed E-state index contributed by atoms with van der Waals surface area (Å²) >= 11 is 0. The summed E-state index contributed by atoms with van der Waals surface area (Å²) in [6.07, 6.45) is 12.9. The van der Waals surface area contributed by atoms with Crippen molar-refractivity contribution in [1.29, 1.82) is 5.26 Å². The van der Waals surface area contributed by atoms with Crippen molar-refractivity contribution in [2.45, 2.75) is 144 Å². The Labute approximate surface area is 299 Å². The number of aromatic nitrogens is 2. The zero-order chi connectivity index (χ0) is 37.1. The monoisotopic (exact) mass is 722 g/mol. The van der Waals surface area contributed by atoms with Gasteiger partial charge >= 0.3 is 5.69 Å². The van der Waals surface area contributed by atoms with Gasteiger partial charge in [-0.25, -0.2) is 9.46 Å². The van der Waals surface area contributed by atoms with E-state index in [1.807, 2.05) is 47.6 Å². The molecule has 0 aromatic carbocycles. The molecular formula is C37H60FN4O7P. The Bertz CT molecular complexity index is 1380. The predicted molar refractivity (Wildman–Crippen MR) is 196 cm³/mol. The van der Waals surface area contributed by atoms with Gasteiger partial charge in [-0.15, -0.1) is 0 Å². The molecule has 1 aromatic rings. The third kappa shape index (κ3) is 13.9. The molecule has 0 N–H and O–H groups in total. The highest BCUT2D eigenvalue weighted by molar-refractivity contribution is 7.44. The zero-order valence-electron chi connectivity index (χ0n) is 31.4. The lowest BCUT2D eigenvalue weighted by molar-refractivity contribution is -0.0812. The first-order valence-electron chi connectivity index (χ1n) is 18.0. The second-order valence-electron chi connectivity index (χ2n) is 13.0. The number of ether oxygens (including phenoxy) is 3. The van der Waals surface area contributed by atoms with Gasteiger partial charge in [0.2, 0.25) is 5.82 Å². The number of hydrogen-bond acceptors (Lipinski definition) is 9. The van der Waals surface area contributed by atoms with Crippen molar-refractivity contribution >= 4 is 8.53 Å². The van der Waals surface area contributed by atoms with Crippen LogP contribution in [-0.4, -0.2) is 70.6 Å². The number of allylic oxidation sites excluding steroid dienone is 6. The lowest BCUT2D eigenvalue weighted by atomic mass is 10.1. The van der Waals surface area contributed by atoms with Gasteiger partial charge in [0.1, 0.15) is 18.3 Å². The van der Waals surface area contributed by atoms with Crippen molar-refractivity contribution < 1.29 is 27.6 Å². The number of nitrogens with zero attached hydrogens (tertiary/aromatic N) is 4. The molecule has 282 valence electrons. The molecule has 13 heteroatoms. The minimum absolute atomic E-state index is 0.0358. The molecule has 2 heterocycles. The third-order valence-corrected chi connectivity index (χ3v) is 9.84. The van der Waals surface area contributed by atoms with Gasteiger partial charge in [0.05, 0.1) is 31.9 Å². The summed E-state index contributed by atoms with van der Waals surface area (Å²) in [4.78, 5) is 26.6. The summed E-state index contributed by atoms with van der Waals surface area (Å²) in [7, 11) is -1.58. The van der Waals surface area contributed by atoms with Gasteiger partial charge in [0, 0.05) is 31.8 Å². The molecule has 0 spiro atoms. The molecule has 1 fully saturated rings. The number of halogens is 1. The molecule has 0 radical (unpaired) electrons. The second-order valence-corrected chi connectivity index (χ2v) is 14.5. The van der Waals surface area contributed by atoms with Gasteiger partial charge < -0.3 is 23.3 Å². The molecule has 11 nitrogen and oxygen atoms in total. The van der Waals surface area contributed by atoms with Crippen LogP contribution in [0, 0.1) is 17.1 Å². The topological polar surface area (TPSA) is 117 Å². The zero-order valence-corrected chi connectivity index (χ0v) is 32.3. The van der Waals surface area contributed by atoms with Crippen LogP contribution in [0.3, 0.4) is 0 Å². The predicted octanol–water partition coefficient (Wildman–Crippen LogP) is 7.57. The van der Waals surface area contributed by atoms with E-state index in [4.69, 9.17) is 28.5 Å². The fourth-order valence-electron chi connectivity index (χ4n) is 5.53. The average molecular weight is 723 g/mol. The van der Waals surface area contributed by atoms with Crippen LogP contribution in [0.2, 0.25) is 0 Å². The standard InChI is InChI=1S/C37H60FN4O7P/c1-9-23-45-33-32(27-48-50(47-25-19-21-39)42(29(5)6)30(7)8)49-36(34(33)46-24-10-2)41-26-31(38)35(43)40(37(41)44)22-18-16-14-12-11-13-15-17-20-28(3)4/h11,13,16,18,20,26,29-30,32-34,36H,9-10,12,14-15,17,19,22-25,27H2,1-8H3/b13-11+,18-16+. The van der Waals surface area contributed by atoms with Crippen LogP contribution in [0.15, 0.2) is 51.7 Å². The number of hydrogen-bond donors (Lipinski definition) is 0. The van der Waals surface area contributed by atoms with Crippen molar-refractivity contribution in [2.24, 2.45) is 0 Å². The van der Waals surface area contributed by atoms with Crippen molar-refractivity contribution in [3.8, 4) is 6.07 Å². The molecule has 1 aliphatic rings. The molecule has 1 aromatic heterocycles. The SMILES string of the molecule is CCCOC1C(COP(OCCC#N)N(C(C)C)C(C)C)OC(n2cc(F)c(=O)n(C/C=C/CC/C=C/CCC=C(C)C)c2=O)C1OCCC. The average Bonchev–Trinajstić information content (AvgIpc) is 3.41. The van der Waals surface area contributed by atoms with Gasteiger partial charge in [-0.1, -0.05) is 49.8 Å².